The van der Waals surface area contributed by atoms with Gasteiger partial charge in [0.05, 0.1) is 23.4 Å². The summed E-state index contributed by atoms with van der Waals surface area (Å²) in [6.45, 7) is 5.32. The highest BCUT2D eigenvalue weighted by atomic mass is 16.3. The molecule has 1 aromatic heterocycles. The number of hydrogen-bond acceptors (Lipinski definition) is 4. The first-order chi connectivity index (χ1) is 15.4. The number of phenolic OH excluding ortho intramolecular Hbond substituents is 1. The molecule has 166 valence electrons. The van der Waals surface area contributed by atoms with Gasteiger partial charge in [-0.15, -0.1) is 0 Å². The number of rotatable bonds is 6. The largest absolute Gasteiger partial charge is 0.507 e. The monoisotopic (exact) mass is 431 g/mol. The number of aromatic nitrogens is 2. The molecule has 1 N–H and O–H groups in total. The number of para-hydroxylation sites is 1. The van der Waals surface area contributed by atoms with Crippen LogP contribution in [0.3, 0.4) is 0 Å². The molecule has 2 aromatic carbocycles. The Kier molecular flexibility index (Phi) is 6.40. The summed E-state index contributed by atoms with van der Waals surface area (Å²) in [6.07, 6.45) is 1.67. The number of carbonyl (C=O) groups excluding carboxylic acids is 1. The van der Waals surface area contributed by atoms with Crippen LogP contribution >= 0.6 is 0 Å². The molecule has 0 bridgehead atoms. The second-order valence-corrected chi connectivity index (χ2v) is 8.73. The number of benzene rings is 2. The van der Waals surface area contributed by atoms with E-state index >= 15 is 0 Å². The van der Waals surface area contributed by atoms with Crippen molar-refractivity contribution in [1.82, 2.24) is 14.5 Å². The lowest BCUT2D eigenvalue weighted by Gasteiger charge is -2.29. The van der Waals surface area contributed by atoms with Gasteiger partial charge in [-0.3, -0.25) is 14.2 Å². The summed E-state index contributed by atoms with van der Waals surface area (Å²) in [5.41, 5.74) is 2.83. The molecular formula is C26H29N3O3. The molecule has 0 saturated carbocycles. The number of amides is 1. The smallest absolute Gasteiger partial charge is 0.259 e. The quantitative estimate of drug-likeness (QED) is 0.644. The molecule has 0 fully saturated rings. The summed E-state index contributed by atoms with van der Waals surface area (Å²) < 4.78 is 1.65. The standard InChI is InChI=1S/C26H29N3O3/c1-18(2)16-24(31)28-14-13-22-21(17-28)26(32)29(15-12-19-8-4-3-5-9-19)25(27-22)20-10-6-7-11-23(20)30/h3-11,18,30H,12-17H2,1-2H3. The zero-order valence-corrected chi connectivity index (χ0v) is 18.6. The molecule has 3 aromatic rings. The van der Waals surface area contributed by atoms with Gasteiger partial charge in [0.25, 0.3) is 5.56 Å². The number of aryl methyl sites for hydroxylation is 1. The molecule has 0 spiro atoms. The molecule has 6 nitrogen and oxygen atoms in total. The van der Waals surface area contributed by atoms with Crippen LogP contribution in [0.25, 0.3) is 11.4 Å². The second-order valence-electron chi connectivity index (χ2n) is 8.73. The number of nitrogens with zero attached hydrogens (tertiary/aromatic N) is 3. The van der Waals surface area contributed by atoms with Crippen LogP contribution in [-0.2, 0) is 30.7 Å². The fourth-order valence-electron chi connectivity index (χ4n) is 4.17. The van der Waals surface area contributed by atoms with Gasteiger partial charge in [0, 0.05) is 25.9 Å². The van der Waals surface area contributed by atoms with Gasteiger partial charge in [-0.2, -0.15) is 0 Å². The fourth-order valence-corrected chi connectivity index (χ4v) is 4.17. The highest BCUT2D eigenvalue weighted by Crippen LogP contribution is 2.28. The summed E-state index contributed by atoms with van der Waals surface area (Å²) in [4.78, 5) is 32.9. The number of carbonyl (C=O) groups is 1. The molecular weight excluding hydrogens is 402 g/mol. The van der Waals surface area contributed by atoms with Gasteiger partial charge in [-0.05, 0) is 30.0 Å². The van der Waals surface area contributed by atoms with Crippen molar-refractivity contribution >= 4 is 5.91 Å². The molecule has 1 amide bonds. The first-order valence-electron chi connectivity index (χ1n) is 11.2. The Bertz CT molecular complexity index is 1170. The molecule has 1 aliphatic heterocycles. The maximum Gasteiger partial charge on any atom is 0.259 e. The lowest BCUT2D eigenvalue weighted by molar-refractivity contribution is -0.132. The van der Waals surface area contributed by atoms with Gasteiger partial charge in [-0.25, -0.2) is 4.98 Å². The predicted molar refractivity (Wildman–Crippen MR) is 124 cm³/mol. The van der Waals surface area contributed by atoms with Gasteiger partial charge in [0.2, 0.25) is 5.91 Å². The number of phenols is 1. The first-order valence-corrected chi connectivity index (χ1v) is 11.2. The minimum Gasteiger partial charge on any atom is -0.507 e. The third-order valence-electron chi connectivity index (χ3n) is 5.86. The van der Waals surface area contributed by atoms with Crippen molar-refractivity contribution in [2.45, 2.75) is 46.2 Å². The minimum atomic E-state index is -0.133. The second kappa shape index (κ2) is 9.39. The van der Waals surface area contributed by atoms with Crippen LogP contribution in [0.2, 0.25) is 0 Å². The zero-order chi connectivity index (χ0) is 22.7. The number of aromatic hydroxyl groups is 1. The predicted octanol–water partition coefficient (Wildman–Crippen LogP) is 3.79. The molecule has 6 heteroatoms. The third kappa shape index (κ3) is 4.59. The summed E-state index contributed by atoms with van der Waals surface area (Å²) >= 11 is 0. The van der Waals surface area contributed by atoms with Crippen molar-refractivity contribution in [2.75, 3.05) is 6.54 Å². The molecule has 0 unspecified atom stereocenters. The lowest BCUT2D eigenvalue weighted by atomic mass is 10.0. The molecule has 1 aliphatic rings. The summed E-state index contributed by atoms with van der Waals surface area (Å²) in [5.74, 6) is 0.917. The molecule has 32 heavy (non-hydrogen) atoms. The Hall–Kier alpha value is -3.41. The van der Waals surface area contributed by atoms with E-state index < -0.39 is 0 Å². The van der Waals surface area contributed by atoms with E-state index in [1.807, 2.05) is 50.2 Å². The average Bonchev–Trinajstić information content (AvgIpc) is 2.79. The van der Waals surface area contributed by atoms with Crippen molar-refractivity contribution in [1.29, 1.82) is 0 Å². The Morgan fingerprint density at radius 1 is 1.09 bits per heavy atom. The van der Waals surface area contributed by atoms with E-state index in [-0.39, 0.29) is 23.1 Å². The van der Waals surface area contributed by atoms with Crippen LogP contribution in [-0.4, -0.2) is 32.0 Å². The van der Waals surface area contributed by atoms with E-state index in [1.54, 1.807) is 27.7 Å². The van der Waals surface area contributed by atoms with Crippen LogP contribution < -0.4 is 5.56 Å². The van der Waals surface area contributed by atoms with Crippen molar-refractivity contribution < 1.29 is 9.90 Å². The Labute approximate surface area is 188 Å². The van der Waals surface area contributed by atoms with Crippen molar-refractivity contribution in [3.05, 3.63) is 81.8 Å². The topological polar surface area (TPSA) is 75.4 Å². The van der Waals surface area contributed by atoms with Crippen molar-refractivity contribution in [3.8, 4) is 17.1 Å². The lowest BCUT2D eigenvalue weighted by Crippen LogP contribution is -2.41. The van der Waals surface area contributed by atoms with Crippen LogP contribution in [0.5, 0.6) is 5.75 Å². The number of fused-ring (bicyclic) bond motifs is 1. The third-order valence-corrected chi connectivity index (χ3v) is 5.86. The van der Waals surface area contributed by atoms with E-state index in [2.05, 4.69) is 0 Å². The van der Waals surface area contributed by atoms with E-state index in [1.165, 1.54) is 0 Å². The highest BCUT2D eigenvalue weighted by molar-refractivity contribution is 5.76. The van der Waals surface area contributed by atoms with Gasteiger partial charge < -0.3 is 10.0 Å². The zero-order valence-electron chi connectivity index (χ0n) is 18.6. The van der Waals surface area contributed by atoms with Crippen LogP contribution in [0.4, 0.5) is 0 Å². The Morgan fingerprint density at radius 3 is 2.53 bits per heavy atom. The Balaban J connectivity index is 1.75. The highest BCUT2D eigenvalue weighted by Gasteiger charge is 2.27. The van der Waals surface area contributed by atoms with Gasteiger partial charge in [0.1, 0.15) is 11.6 Å². The van der Waals surface area contributed by atoms with Gasteiger partial charge >= 0.3 is 0 Å². The molecule has 2 heterocycles. The summed E-state index contributed by atoms with van der Waals surface area (Å²) in [7, 11) is 0. The average molecular weight is 432 g/mol. The maximum absolute atomic E-state index is 13.6. The van der Waals surface area contributed by atoms with Gasteiger partial charge in [0.15, 0.2) is 0 Å². The first kappa shape index (κ1) is 21.8. The van der Waals surface area contributed by atoms with E-state index in [0.29, 0.717) is 55.8 Å². The fraction of sp³-hybridized carbons (Fsp3) is 0.346. The molecule has 0 atom stereocenters. The van der Waals surface area contributed by atoms with E-state index in [4.69, 9.17) is 4.98 Å². The normalized spacial score (nSPS) is 13.3. The van der Waals surface area contributed by atoms with Crippen LogP contribution in [0, 0.1) is 5.92 Å². The number of hydrogen-bond donors (Lipinski definition) is 1. The van der Waals surface area contributed by atoms with E-state index in [0.717, 1.165) is 11.3 Å². The molecule has 0 radical (unpaired) electrons. The Morgan fingerprint density at radius 2 is 1.81 bits per heavy atom. The SMILES string of the molecule is CC(C)CC(=O)N1CCc2nc(-c3ccccc3O)n(CCc3ccccc3)c(=O)c2C1. The molecule has 0 aliphatic carbocycles. The van der Waals surface area contributed by atoms with Crippen LogP contribution in [0.15, 0.2) is 59.4 Å². The molecule has 4 rings (SSSR count). The van der Waals surface area contributed by atoms with E-state index in [9.17, 15) is 14.7 Å². The maximum atomic E-state index is 13.6. The summed E-state index contributed by atoms with van der Waals surface area (Å²) in [6, 6.07) is 16.9. The summed E-state index contributed by atoms with van der Waals surface area (Å²) in [5, 5.41) is 10.5. The van der Waals surface area contributed by atoms with Crippen molar-refractivity contribution in [2.24, 2.45) is 5.92 Å². The van der Waals surface area contributed by atoms with Crippen molar-refractivity contribution in [3.63, 3.8) is 0 Å². The minimum absolute atomic E-state index is 0.0747. The molecule has 0 saturated heterocycles. The van der Waals surface area contributed by atoms with Gasteiger partial charge in [-0.1, -0.05) is 56.3 Å². The van der Waals surface area contributed by atoms with Crippen LogP contribution in [0.1, 0.15) is 37.1 Å².